The normalized spacial score (nSPS) is 45.6. The van der Waals surface area contributed by atoms with Gasteiger partial charge in [-0.2, -0.15) is 0 Å². The summed E-state index contributed by atoms with van der Waals surface area (Å²) in [7, 11) is 0. The van der Waals surface area contributed by atoms with Crippen LogP contribution in [0, 0.1) is 5.92 Å². The zero-order valence-corrected chi connectivity index (χ0v) is 10.3. The Labute approximate surface area is 99.0 Å². The molecule has 3 rings (SSSR count). The highest BCUT2D eigenvalue weighted by molar-refractivity contribution is 4.95. The highest BCUT2D eigenvalue weighted by Gasteiger charge is 2.40. The maximum absolute atomic E-state index is 10.2. The van der Waals surface area contributed by atoms with E-state index >= 15 is 0 Å². The lowest BCUT2D eigenvalue weighted by Crippen LogP contribution is -2.53. The van der Waals surface area contributed by atoms with Crippen molar-refractivity contribution in [2.24, 2.45) is 5.92 Å². The van der Waals surface area contributed by atoms with Gasteiger partial charge in [-0.1, -0.05) is 19.3 Å². The van der Waals surface area contributed by atoms with Crippen molar-refractivity contribution >= 4 is 0 Å². The first-order valence-corrected chi connectivity index (χ1v) is 7.30. The summed E-state index contributed by atoms with van der Waals surface area (Å²) < 4.78 is 0. The molecule has 0 aromatic carbocycles. The first-order valence-electron chi connectivity index (χ1n) is 7.30. The highest BCUT2D eigenvalue weighted by atomic mass is 16.3. The predicted octanol–water partition coefficient (Wildman–Crippen LogP) is 2.55. The first-order chi connectivity index (χ1) is 7.86. The van der Waals surface area contributed by atoms with Gasteiger partial charge < -0.3 is 5.11 Å². The van der Waals surface area contributed by atoms with Crippen molar-refractivity contribution < 1.29 is 5.11 Å². The number of rotatable bonds is 1. The van der Waals surface area contributed by atoms with Crippen molar-refractivity contribution in [3.05, 3.63) is 0 Å². The lowest BCUT2D eigenvalue weighted by atomic mass is 9.85. The van der Waals surface area contributed by atoms with Gasteiger partial charge in [-0.25, -0.2) is 0 Å². The van der Waals surface area contributed by atoms with Crippen molar-refractivity contribution in [2.45, 2.75) is 76.0 Å². The molecule has 1 saturated heterocycles. The van der Waals surface area contributed by atoms with E-state index in [0.29, 0.717) is 6.04 Å². The average Bonchev–Trinajstić information content (AvgIpc) is 2.77. The number of nitrogens with zero attached hydrogens (tertiary/aromatic N) is 1. The molecule has 1 heterocycles. The SMILES string of the molecule is O[C@@H]1CCCC[C@H]1N1CCCC2CCCC21. The molecule has 1 N–H and O–H groups in total. The number of hydrogen-bond acceptors (Lipinski definition) is 2. The third-order valence-electron chi connectivity index (χ3n) is 5.16. The number of piperidine rings is 1. The second-order valence-electron chi connectivity index (χ2n) is 6.06. The van der Waals surface area contributed by atoms with E-state index in [0.717, 1.165) is 18.4 Å². The van der Waals surface area contributed by atoms with Gasteiger partial charge in [0.25, 0.3) is 0 Å². The largest absolute Gasteiger partial charge is 0.391 e. The minimum atomic E-state index is -0.0342. The van der Waals surface area contributed by atoms with Crippen molar-refractivity contribution in [3.63, 3.8) is 0 Å². The molecular weight excluding hydrogens is 198 g/mol. The average molecular weight is 223 g/mol. The smallest absolute Gasteiger partial charge is 0.0695 e. The second-order valence-corrected chi connectivity index (χ2v) is 6.06. The Balaban J connectivity index is 1.71. The van der Waals surface area contributed by atoms with E-state index in [2.05, 4.69) is 4.90 Å². The Bertz CT molecular complexity index is 243. The van der Waals surface area contributed by atoms with Crippen molar-refractivity contribution in [1.82, 2.24) is 4.90 Å². The van der Waals surface area contributed by atoms with Crippen molar-refractivity contribution in [3.8, 4) is 0 Å². The van der Waals surface area contributed by atoms with Gasteiger partial charge in [0.2, 0.25) is 0 Å². The molecule has 0 amide bonds. The van der Waals surface area contributed by atoms with Crippen LogP contribution in [0.4, 0.5) is 0 Å². The van der Waals surface area contributed by atoms with Gasteiger partial charge in [-0.3, -0.25) is 4.90 Å². The molecule has 16 heavy (non-hydrogen) atoms. The molecule has 0 aromatic heterocycles. The molecule has 2 unspecified atom stereocenters. The topological polar surface area (TPSA) is 23.5 Å². The van der Waals surface area contributed by atoms with Gasteiger partial charge >= 0.3 is 0 Å². The first kappa shape index (κ1) is 11.0. The summed E-state index contributed by atoms with van der Waals surface area (Å²) in [5.74, 6) is 0.961. The zero-order chi connectivity index (χ0) is 11.0. The molecule has 92 valence electrons. The molecule has 3 aliphatic rings. The van der Waals surface area contributed by atoms with Crippen LogP contribution in [0.15, 0.2) is 0 Å². The summed E-state index contributed by atoms with van der Waals surface area (Å²) in [6.45, 7) is 1.25. The van der Waals surface area contributed by atoms with E-state index in [1.54, 1.807) is 0 Å². The van der Waals surface area contributed by atoms with E-state index in [1.807, 2.05) is 0 Å². The molecule has 1 aliphatic heterocycles. The fourth-order valence-corrected chi connectivity index (χ4v) is 4.38. The van der Waals surface area contributed by atoms with Crippen LogP contribution in [-0.2, 0) is 0 Å². The second kappa shape index (κ2) is 4.66. The van der Waals surface area contributed by atoms with E-state index in [-0.39, 0.29) is 6.10 Å². The summed E-state index contributed by atoms with van der Waals surface area (Å²) in [6.07, 6.45) is 11.9. The molecule has 2 saturated carbocycles. The lowest BCUT2D eigenvalue weighted by Gasteiger charge is -2.46. The van der Waals surface area contributed by atoms with Gasteiger partial charge in [-0.05, 0) is 51.0 Å². The zero-order valence-electron chi connectivity index (χ0n) is 10.3. The van der Waals surface area contributed by atoms with E-state index in [9.17, 15) is 5.11 Å². The van der Waals surface area contributed by atoms with Crippen LogP contribution in [0.1, 0.15) is 57.8 Å². The Kier molecular flexibility index (Phi) is 3.21. The number of hydrogen-bond donors (Lipinski definition) is 1. The van der Waals surface area contributed by atoms with Crippen LogP contribution in [-0.4, -0.2) is 34.7 Å². The summed E-state index contributed by atoms with van der Waals surface area (Å²) in [6, 6.07) is 1.33. The summed E-state index contributed by atoms with van der Waals surface area (Å²) in [5, 5.41) is 10.2. The van der Waals surface area contributed by atoms with Crippen LogP contribution in [0.3, 0.4) is 0 Å². The molecule has 4 atom stereocenters. The molecule has 2 heteroatoms. The molecular formula is C14H25NO. The van der Waals surface area contributed by atoms with Crippen LogP contribution in [0.2, 0.25) is 0 Å². The molecule has 0 aromatic rings. The number of fused-ring (bicyclic) bond motifs is 1. The number of likely N-dealkylation sites (tertiary alicyclic amines) is 1. The Morgan fingerprint density at radius 2 is 1.50 bits per heavy atom. The van der Waals surface area contributed by atoms with Crippen molar-refractivity contribution in [1.29, 1.82) is 0 Å². The minimum absolute atomic E-state index is 0.0342. The third kappa shape index (κ3) is 1.91. The van der Waals surface area contributed by atoms with Gasteiger partial charge in [0.05, 0.1) is 6.10 Å². The fraction of sp³-hybridized carbons (Fsp3) is 1.00. The van der Waals surface area contributed by atoms with Crippen LogP contribution in [0.25, 0.3) is 0 Å². The Morgan fingerprint density at radius 3 is 2.38 bits per heavy atom. The van der Waals surface area contributed by atoms with E-state index in [1.165, 1.54) is 57.9 Å². The maximum atomic E-state index is 10.2. The Morgan fingerprint density at radius 1 is 0.750 bits per heavy atom. The minimum Gasteiger partial charge on any atom is -0.391 e. The van der Waals surface area contributed by atoms with Gasteiger partial charge in [-0.15, -0.1) is 0 Å². The highest BCUT2D eigenvalue weighted by Crippen LogP contribution is 2.39. The molecule has 2 aliphatic carbocycles. The van der Waals surface area contributed by atoms with Crippen LogP contribution >= 0.6 is 0 Å². The maximum Gasteiger partial charge on any atom is 0.0695 e. The molecule has 0 spiro atoms. The summed E-state index contributed by atoms with van der Waals surface area (Å²) >= 11 is 0. The predicted molar refractivity (Wildman–Crippen MR) is 65.3 cm³/mol. The molecule has 2 nitrogen and oxygen atoms in total. The quantitative estimate of drug-likeness (QED) is 0.738. The van der Waals surface area contributed by atoms with Crippen molar-refractivity contribution in [2.75, 3.05) is 6.54 Å². The summed E-state index contributed by atoms with van der Waals surface area (Å²) in [4.78, 5) is 2.70. The van der Waals surface area contributed by atoms with Gasteiger partial charge in [0.15, 0.2) is 0 Å². The standard InChI is InChI=1S/C14H25NO/c16-14-9-2-1-7-13(14)15-10-4-6-11-5-3-8-12(11)15/h11-14,16H,1-10H2/t11?,12?,13-,14-/m1/s1. The fourth-order valence-electron chi connectivity index (χ4n) is 4.38. The number of aliphatic hydroxyl groups is 1. The molecule has 0 radical (unpaired) electrons. The monoisotopic (exact) mass is 223 g/mol. The summed E-state index contributed by atoms with van der Waals surface area (Å²) in [5.41, 5.74) is 0. The van der Waals surface area contributed by atoms with Crippen LogP contribution < -0.4 is 0 Å². The molecule has 0 bridgehead atoms. The van der Waals surface area contributed by atoms with E-state index in [4.69, 9.17) is 0 Å². The van der Waals surface area contributed by atoms with Crippen LogP contribution in [0.5, 0.6) is 0 Å². The van der Waals surface area contributed by atoms with Gasteiger partial charge in [0.1, 0.15) is 0 Å². The number of aliphatic hydroxyl groups excluding tert-OH is 1. The third-order valence-corrected chi connectivity index (χ3v) is 5.16. The molecule has 3 fully saturated rings. The Hall–Kier alpha value is -0.0800. The van der Waals surface area contributed by atoms with E-state index < -0.39 is 0 Å². The van der Waals surface area contributed by atoms with Gasteiger partial charge in [0, 0.05) is 12.1 Å². The lowest BCUT2D eigenvalue weighted by molar-refractivity contribution is -0.0252.